The molecule has 0 radical (unpaired) electrons. The third-order valence-electron chi connectivity index (χ3n) is 1.57. The van der Waals surface area contributed by atoms with Crippen LogP contribution in [0.25, 0.3) is 6.08 Å². The van der Waals surface area contributed by atoms with Gasteiger partial charge in [0.15, 0.2) is 5.78 Å². The van der Waals surface area contributed by atoms with Crippen LogP contribution in [0.1, 0.15) is 12.6 Å². The average molecular weight is 205 g/mol. The molecule has 1 aromatic rings. The number of carbonyl (C=O) groups is 1. The predicted octanol–water partition coefficient (Wildman–Crippen LogP) is 2.50. The molecule has 0 aliphatic carbocycles. The number of hydrogen-bond acceptors (Lipinski definition) is 3. The summed E-state index contributed by atoms with van der Waals surface area (Å²) in [5.41, 5.74) is 0.855. The molecule has 14 heavy (non-hydrogen) atoms. The summed E-state index contributed by atoms with van der Waals surface area (Å²) >= 11 is 4.01. The van der Waals surface area contributed by atoms with Crippen LogP contribution in [0.4, 0.5) is 0 Å². The van der Waals surface area contributed by atoms with Gasteiger partial charge in [0.05, 0.1) is 5.69 Å². The molecule has 0 bridgehead atoms. The molecule has 0 amide bonds. The van der Waals surface area contributed by atoms with E-state index in [-0.39, 0.29) is 5.78 Å². The van der Waals surface area contributed by atoms with Gasteiger partial charge >= 0.3 is 0 Å². The Bertz CT molecular complexity index is 368. The van der Waals surface area contributed by atoms with Crippen molar-refractivity contribution in [3.63, 3.8) is 0 Å². The van der Waals surface area contributed by atoms with Gasteiger partial charge in [-0.25, -0.2) is 0 Å². The molecule has 3 heteroatoms. The first-order chi connectivity index (χ1) is 6.70. The number of rotatable bonds is 3. The highest BCUT2D eigenvalue weighted by Crippen LogP contribution is 2.03. The standard InChI is InChI=1S/C11H11NOS/c1-9(13)11(14)7-4-6-10-5-2-3-8-12-10/h2-8,14H,1H3/b6-4+,11-7-. The van der Waals surface area contributed by atoms with Crippen molar-refractivity contribution in [1.29, 1.82) is 0 Å². The Morgan fingerprint density at radius 3 is 2.86 bits per heavy atom. The summed E-state index contributed by atoms with van der Waals surface area (Å²) in [6, 6.07) is 5.64. The van der Waals surface area contributed by atoms with E-state index in [1.807, 2.05) is 24.3 Å². The molecule has 0 saturated heterocycles. The largest absolute Gasteiger partial charge is 0.294 e. The fourth-order valence-electron chi connectivity index (χ4n) is 0.830. The van der Waals surface area contributed by atoms with E-state index in [2.05, 4.69) is 17.6 Å². The average Bonchev–Trinajstić information content (AvgIpc) is 2.19. The summed E-state index contributed by atoms with van der Waals surface area (Å²) in [7, 11) is 0. The topological polar surface area (TPSA) is 30.0 Å². The van der Waals surface area contributed by atoms with Crippen molar-refractivity contribution in [3.8, 4) is 0 Å². The minimum absolute atomic E-state index is 0.0426. The van der Waals surface area contributed by atoms with Crippen molar-refractivity contribution in [2.45, 2.75) is 6.92 Å². The van der Waals surface area contributed by atoms with Gasteiger partial charge in [0.2, 0.25) is 0 Å². The molecular formula is C11H11NOS. The van der Waals surface area contributed by atoms with Crippen molar-refractivity contribution >= 4 is 24.5 Å². The summed E-state index contributed by atoms with van der Waals surface area (Å²) in [5, 5.41) is 0. The van der Waals surface area contributed by atoms with Crippen LogP contribution in [0.2, 0.25) is 0 Å². The fraction of sp³-hybridized carbons (Fsp3) is 0.0909. The molecule has 0 saturated carbocycles. The van der Waals surface area contributed by atoms with Gasteiger partial charge in [0.25, 0.3) is 0 Å². The Hall–Kier alpha value is -1.35. The molecule has 0 atom stereocenters. The van der Waals surface area contributed by atoms with Gasteiger partial charge in [-0.3, -0.25) is 9.78 Å². The zero-order valence-electron chi connectivity index (χ0n) is 7.84. The Labute approximate surface area is 88.8 Å². The number of carbonyl (C=O) groups excluding carboxylic acids is 1. The van der Waals surface area contributed by atoms with Gasteiger partial charge < -0.3 is 0 Å². The second-order valence-electron chi connectivity index (χ2n) is 2.72. The normalized spacial score (nSPS) is 12.0. The molecule has 0 fully saturated rings. The van der Waals surface area contributed by atoms with Crippen molar-refractivity contribution in [2.75, 3.05) is 0 Å². The zero-order chi connectivity index (χ0) is 10.4. The van der Waals surface area contributed by atoms with Crippen molar-refractivity contribution in [3.05, 3.63) is 47.1 Å². The van der Waals surface area contributed by atoms with Gasteiger partial charge in [-0.15, -0.1) is 12.6 Å². The highest BCUT2D eigenvalue weighted by Gasteiger charge is 1.93. The maximum atomic E-state index is 10.8. The molecule has 1 heterocycles. The molecule has 1 aromatic heterocycles. The van der Waals surface area contributed by atoms with Crippen LogP contribution < -0.4 is 0 Å². The van der Waals surface area contributed by atoms with Crippen molar-refractivity contribution in [2.24, 2.45) is 0 Å². The maximum absolute atomic E-state index is 10.8. The molecule has 0 aliphatic heterocycles. The molecular weight excluding hydrogens is 194 g/mol. The predicted molar refractivity (Wildman–Crippen MR) is 61.0 cm³/mol. The van der Waals surface area contributed by atoms with Gasteiger partial charge in [-0.2, -0.15) is 0 Å². The van der Waals surface area contributed by atoms with Crippen molar-refractivity contribution in [1.82, 2.24) is 4.98 Å². The minimum atomic E-state index is -0.0426. The summed E-state index contributed by atoms with van der Waals surface area (Å²) in [6.45, 7) is 1.48. The lowest BCUT2D eigenvalue weighted by Gasteiger charge is -1.90. The van der Waals surface area contributed by atoms with Crippen LogP contribution in [-0.2, 0) is 4.79 Å². The van der Waals surface area contributed by atoms with E-state index in [0.29, 0.717) is 4.91 Å². The Morgan fingerprint density at radius 1 is 1.50 bits per heavy atom. The number of allylic oxidation sites excluding steroid dienone is 3. The fourth-order valence-corrected chi connectivity index (χ4v) is 0.916. The Balaban J connectivity index is 2.66. The third-order valence-corrected chi connectivity index (χ3v) is 2.03. The summed E-state index contributed by atoms with van der Waals surface area (Å²) < 4.78 is 0. The summed E-state index contributed by atoms with van der Waals surface area (Å²) in [6.07, 6.45) is 6.95. The van der Waals surface area contributed by atoms with E-state index in [1.54, 1.807) is 18.3 Å². The quantitative estimate of drug-likeness (QED) is 0.467. The first-order valence-electron chi connectivity index (χ1n) is 4.19. The lowest BCUT2D eigenvalue weighted by Crippen LogP contribution is -1.86. The monoisotopic (exact) mass is 205 g/mol. The van der Waals surface area contributed by atoms with Crippen LogP contribution in [0.3, 0.4) is 0 Å². The molecule has 1 rings (SSSR count). The SMILES string of the molecule is CC(=O)/C(S)=C/C=C/c1ccccn1. The van der Waals surface area contributed by atoms with E-state index in [0.717, 1.165) is 5.69 Å². The summed E-state index contributed by atoms with van der Waals surface area (Å²) in [5.74, 6) is -0.0426. The van der Waals surface area contributed by atoms with Crippen LogP contribution in [0, 0.1) is 0 Å². The highest BCUT2D eigenvalue weighted by atomic mass is 32.1. The van der Waals surface area contributed by atoms with E-state index in [4.69, 9.17) is 0 Å². The van der Waals surface area contributed by atoms with Crippen LogP contribution in [0.5, 0.6) is 0 Å². The smallest absolute Gasteiger partial charge is 0.165 e. The number of pyridine rings is 1. The molecule has 0 spiro atoms. The van der Waals surface area contributed by atoms with Crippen LogP contribution in [0.15, 0.2) is 41.5 Å². The van der Waals surface area contributed by atoms with Crippen LogP contribution >= 0.6 is 12.6 Å². The van der Waals surface area contributed by atoms with E-state index < -0.39 is 0 Å². The number of ketones is 1. The van der Waals surface area contributed by atoms with Gasteiger partial charge in [-0.05, 0) is 31.2 Å². The molecule has 0 aliphatic rings. The molecule has 0 aromatic carbocycles. The number of thiol groups is 1. The van der Waals surface area contributed by atoms with E-state index in [1.165, 1.54) is 6.92 Å². The Morgan fingerprint density at radius 2 is 2.29 bits per heavy atom. The molecule has 0 unspecified atom stereocenters. The lowest BCUT2D eigenvalue weighted by atomic mass is 10.3. The number of hydrogen-bond donors (Lipinski definition) is 1. The highest BCUT2D eigenvalue weighted by molar-refractivity contribution is 7.85. The molecule has 2 nitrogen and oxygen atoms in total. The van der Waals surface area contributed by atoms with E-state index in [9.17, 15) is 4.79 Å². The Kier molecular flexibility index (Phi) is 4.13. The zero-order valence-corrected chi connectivity index (χ0v) is 8.74. The van der Waals surface area contributed by atoms with E-state index >= 15 is 0 Å². The van der Waals surface area contributed by atoms with Crippen LogP contribution in [-0.4, -0.2) is 10.8 Å². The molecule has 0 N–H and O–H groups in total. The maximum Gasteiger partial charge on any atom is 0.165 e. The first-order valence-corrected chi connectivity index (χ1v) is 4.64. The second-order valence-corrected chi connectivity index (χ2v) is 3.20. The summed E-state index contributed by atoms with van der Waals surface area (Å²) in [4.78, 5) is 15.3. The minimum Gasteiger partial charge on any atom is -0.294 e. The third kappa shape index (κ3) is 3.58. The van der Waals surface area contributed by atoms with Gasteiger partial charge in [-0.1, -0.05) is 12.1 Å². The van der Waals surface area contributed by atoms with Crippen molar-refractivity contribution < 1.29 is 4.79 Å². The second kappa shape index (κ2) is 5.40. The van der Waals surface area contributed by atoms with Gasteiger partial charge in [0.1, 0.15) is 0 Å². The number of Topliss-reactive ketones (excluding diaryl/α,β-unsaturated/α-hetero) is 1. The number of aromatic nitrogens is 1. The lowest BCUT2D eigenvalue weighted by molar-refractivity contribution is -0.112. The first kappa shape index (κ1) is 10.7. The molecule has 72 valence electrons. The number of nitrogens with zero attached hydrogens (tertiary/aromatic N) is 1. The van der Waals surface area contributed by atoms with Gasteiger partial charge in [0, 0.05) is 11.1 Å².